The molecule has 140 heavy (non-hydrogen) atoms. The molecule has 0 bridgehead atoms. The number of benzene rings is 8. The number of aromatic nitrogens is 4. The van der Waals surface area contributed by atoms with E-state index in [2.05, 4.69) is 267 Å². The first-order valence-electron chi connectivity index (χ1n) is 50.3. The second-order valence-corrected chi connectivity index (χ2v) is 83.7. The SMILES string of the molecule is CC(C)(C)C(O)=CC(O)C(C)(C)C.CC(C)C(O)=CC(O)C(C)C.CC(C)CC(O)=CC(O)CC(C)C.CC(O)=CC(C)O.C[CH2][Ge]([CH2]C)([CH2]C)[c]1cccc2nc(-c3[c-]cccc3)ccc12.C[CH2][Ge]([CH2]C)([CH2]C)[c]1cccc2nc(-c3[c-]cccc3)ccc12.C[CH2][Ge]([CH2]C)([CH2]C)[c]1cccc2nc(-c3[c-]cccc3)ccc12.C[CH2][Ge]([CH2]C)([CH2]C)[c]1cccc2nc(-c3[c-]cccc3)ccc12.[Ir].[Ir].[Ir].[Ir]. The van der Waals surface area contributed by atoms with Crippen LogP contribution in [0, 0.1) is 58.8 Å². The minimum Gasteiger partial charge on any atom is 0 e. The van der Waals surface area contributed by atoms with E-state index in [9.17, 15) is 30.6 Å². The van der Waals surface area contributed by atoms with Gasteiger partial charge >= 0.3 is 568 Å². The molecule has 8 aromatic carbocycles. The number of hydrogen-bond acceptors (Lipinski definition) is 12. The predicted molar refractivity (Wildman–Crippen MR) is 597 cm³/mol. The quantitative estimate of drug-likeness (QED) is 0.0120. The van der Waals surface area contributed by atoms with Crippen LogP contribution in [-0.4, -0.2) is 138 Å². The third-order valence-electron chi connectivity index (χ3n) is 27.1. The second kappa shape index (κ2) is 65.7. The van der Waals surface area contributed by atoms with Crippen LogP contribution in [0.5, 0.6) is 0 Å². The summed E-state index contributed by atoms with van der Waals surface area (Å²) >= 11 is -7.93. The number of fused-ring (bicyclic) bond motifs is 4. The molecule has 0 saturated heterocycles. The van der Waals surface area contributed by atoms with Crippen LogP contribution >= 0.6 is 0 Å². The molecule has 0 amide bonds. The minimum atomic E-state index is -1.98. The molecule has 4 radical (unpaired) electrons. The van der Waals surface area contributed by atoms with Gasteiger partial charge in [0, 0.05) is 98.2 Å². The van der Waals surface area contributed by atoms with Crippen molar-refractivity contribution in [3.8, 4) is 45.0 Å². The first-order valence-corrected chi connectivity index (χ1v) is 72.3. The maximum atomic E-state index is 9.68. The first-order chi connectivity index (χ1) is 64.5. The van der Waals surface area contributed by atoms with Crippen LogP contribution in [0.2, 0.25) is 63.0 Å². The summed E-state index contributed by atoms with van der Waals surface area (Å²) in [6.07, 6.45) is 5.14. The van der Waals surface area contributed by atoms with Crippen molar-refractivity contribution in [3.05, 3.63) is 290 Å². The Bertz CT molecular complexity index is 5070. The van der Waals surface area contributed by atoms with Gasteiger partial charge in [-0.1, -0.05) is 96.9 Å². The van der Waals surface area contributed by atoms with Crippen LogP contribution in [0.25, 0.3) is 88.6 Å². The Hall–Kier alpha value is -5.83. The van der Waals surface area contributed by atoms with E-state index in [4.69, 9.17) is 30.1 Å². The molecule has 0 spiro atoms. The summed E-state index contributed by atoms with van der Waals surface area (Å²) in [6.45, 7) is 59.0. The van der Waals surface area contributed by atoms with Crippen LogP contribution in [0.4, 0.5) is 0 Å². The molecule has 12 rings (SSSR count). The third kappa shape index (κ3) is 40.1. The molecule has 0 aliphatic rings. The van der Waals surface area contributed by atoms with Gasteiger partial charge in [0.2, 0.25) is 0 Å². The molecule has 4 atom stereocenters. The van der Waals surface area contributed by atoms with Crippen molar-refractivity contribution in [1.82, 2.24) is 19.9 Å². The summed E-state index contributed by atoms with van der Waals surface area (Å²) in [5.74, 6) is 2.14. The molecule has 4 heterocycles. The van der Waals surface area contributed by atoms with Crippen molar-refractivity contribution in [3.63, 3.8) is 0 Å². The average molecular weight is 2850 g/mol. The molecular weight excluding hydrogens is 2680 g/mol. The number of aliphatic hydroxyl groups is 8. The van der Waals surface area contributed by atoms with Gasteiger partial charge in [0.15, 0.2) is 0 Å². The molecule has 4 aromatic heterocycles. The molecule has 12 nitrogen and oxygen atoms in total. The van der Waals surface area contributed by atoms with Crippen LogP contribution in [0.1, 0.15) is 207 Å². The van der Waals surface area contributed by atoms with E-state index in [0.29, 0.717) is 30.4 Å². The molecule has 772 valence electrons. The fourth-order valence-corrected chi connectivity index (χ4v) is 49.9. The van der Waals surface area contributed by atoms with Gasteiger partial charge in [-0.15, -0.1) is 0 Å². The number of pyridine rings is 4. The molecule has 4 unspecified atom stereocenters. The third-order valence-corrected chi connectivity index (χ3v) is 74.4. The largest absolute Gasteiger partial charge is 0 e. The van der Waals surface area contributed by atoms with E-state index in [0.717, 1.165) is 67.1 Å². The van der Waals surface area contributed by atoms with Gasteiger partial charge in [-0.25, -0.2) is 0 Å². The van der Waals surface area contributed by atoms with Crippen LogP contribution in [-0.2, 0) is 80.4 Å². The van der Waals surface area contributed by atoms with Gasteiger partial charge in [0.05, 0.1) is 47.5 Å². The molecule has 8 N–H and O–H groups in total. The maximum Gasteiger partial charge on any atom is 0 e. The van der Waals surface area contributed by atoms with Crippen LogP contribution < -0.4 is 17.6 Å². The fourth-order valence-electron chi connectivity index (χ4n) is 17.4. The normalized spacial score (nSPS) is 12.9. The zero-order valence-corrected chi connectivity index (χ0v) is 107. The molecule has 0 fully saturated rings. The van der Waals surface area contributed by atoms with Crippen molar-refractivity contribution in [2.24, 2.45) is 34.5 Å². The van der Waals surface area contributed by atoms with E-state index in [1.807, 2.05) is 156 Å². The summed E-state index contributed by atoms with van der Waals surface area (Å²) in [4.78, 5) is 19.7. The van der Waals surface area contributed by atoms with Crippen molar-refractivity contribution in [1.29, 1.82) is 0 Å². The Kier molecular flexibility index (Phi) is 62.0. The van der Waals surface area contributed by atoms with Crippen LogP contribution in [0.3, 0.4) is 0 Å². The Labute approximate surface area is 909 Å². The van der Waals surface area contributed by atoms with E-state index < -0.39 is 77.5 Å². The van der Waals surface area contributed by atoms with Gasteiger partial charge < -0.3 is 40.9 Å². The minimum absolute atomic E-state index is 0. The monoisotopic (exact) mass is 2860 g/mol. The van der Waals surface area contributed by atoms with Crippen molar-refractivity contribution >= 4 is 114 Å². The Morgan fingerprint density at radius 1 is 0.336 bits per heavy atom. The number of rotatable bonds is 30. The van der Waals surface area contributed by atoms with E-state index in [-0.39, 0.29) is 120 Å². The summed E-state index contributed by atoms with van der Waals surface area (Å²) in [5, 5.41) is 95.3. The van der Waals surface area contributed by atoms with E-state index in [1.54, 1.807) is 30.6 Å². The maximum absolute atomic E-state index is 9.68. The van der Waals surface area contributed by atoms with Crippen LogP contribution in [0.15, 0.2) is 266 Å². The average Bonchev–Trinajstić information content (AvgIpc) is 0.785. The Balaban J connectivity index is 0.000000816. The van der Waals surface area contributed by atoms with Crippen molar-refractivity contribution in [2.45, 2.75) is 294 Å². The van der Waals surface area contributed by atoms with E-state index >= 15 is 0 Å². The molecule has 0 aliphatic carbocycles. The fraction of sp³-hybridized carbons (Fsp3) is 0.433. The zero-order chi connectivity index (χ0) is 101. The number of hydrogen-bond donors (Lipinski definition) is 8. The topological polar surface area (TPSA) is 213 Å². The Morgan fingerprint density at radius 2 is 0.607 bits per heavy atom. The first kappa shape index (κ1) is 132. The van der Waals surface area contributed by atoms with Gasteiger partial charge in [-0.2, -0.15) is 0 Å². The summed E-state index contributed by atoms with van der Waals surface area (Å²) in [7, 11) is 0. The number of allylic oxidation sites excluding steroid dienone is 4. The van der Waals surface area contributed by atoms with Gasteiger partial charge in [-0.3, -0.25) is 0 Å². The predicted octanol–water partition coefficient (Wildman–Crippen LogP) is 30.4. The zero-order valence-electron chi connectivity index (χ0n) is 89.3. The molecule has 0 saturated carbocycles. The van der Waals surface area contributed by atoms with Gasteiger partial charge in [0.1, 0.15) is 0 Å². The number of aliphatic hydroxyl groups excluding tert-OH is 8. The van der Waals surface area contributed by atoms with Crippen molar-refractivity contribution < 1.29 is 121 Å². The molecule has 20 heteroatoms. The van der Waals surface area contributed by atoms with E-state index in [1.165, 1.54) is 110 Å². The molecule has 12 aromatic rings. The Morgan fingerprint density at radius 3 is 0.793 bits per heavy atom. The standard InChI is InChI=1S/4C21H24GeN.2C11H22O2.C9H18O2.C5H10O2.4Ir/c4*1-4-22(5-2,6-3)19-13-10-14-21-18(19)15-16-20(23-21)17-11-8-7-9-12-17;1-10(2,3)8(12)7-9(13)11(4,5)6;1-8(2)5-10(12)7-11(13)6-9(3)4;1-6(2)8(10)5-9(11)7(3)4;1-4(6)3-5(2)7;;;;/h4*7-11,13-16H,4-6H2,1-3H3;7-8,12-13H,1-6H3;7-10,12-13H,5-6H2,1-4H3;5-8,10-11H,1-4H3;3-4,6-7H,1-2H3;;;;/q4*-1;;;;;;;;. The smallest absolute Gasteiger partial charge is 0 e. The van der Waals surface area contributed by atoms with Crippen molar-refractivity contribution in [2.75, 3.05) is 0 Å². The second-order valence-electron chi connectivity index (χ2n) is 39.8. The van der Waals surface area contributed by atoms with Gasteiger partial charge in [-0.05, 0) is 67.7 Å². The molecule has 0 aliphatic heterocycles. The summed E-state index contributed by atoms with van der Waals surface area (Å²) in [6, 6.07) is 90.0. The summed E-state index contributed by atoms with van der Waals surface area (Å²) < 4.78 is 6.52. The summed E-state index contributed by atoms with van der Waals surface area (Å²) in [5.41, 5.74) is 12.3. The number of nitrogens with zero attached hydrogens (tertiary/aromatic N) is 4. The molecular formula is C120H168Ge4Ir4N4O8-4. The van der Waals surface area contributed by atoms with Gasteiger partial charge in [0.25, 0.3) is 0 Å².